The third-order valence-electron chi connectivity index (χ3n) is 4.37. The summed E-state index contributed by atoms with van der Waals surface area (Å²) in [4.78, 5) is 23.4. The molecule has 0 saturated heterocycles. The van der Waals surface area contributed by atoms with E-state index in [4.69, 9.17) is 4.74 Å². The van der Waals surface area contributed by atoms with E-state index >= 15 is 0 Å². The second-order valence-corrected chi connectivity index (χ2v) is 6.56. The molecule has 1 amide bonds. The Balaban J connectivity index is 1.69. The van der Waals surface area contributed by atoms with Crippen LogP contribution in [0.3, 0.4) is 0 Å². The van der Waals surface area contributed by atoms with E-state index in [1.807, 2.05) is 54.4 Å². The van der Waals surface area contributed by atoms with Gasteiger partial charge in [-0.25, -0.2) is 0 Å². The van der Waals surface area contributed by atoms with Gasteiger partial charge >= 0.3 is 0 Å². The van der Waals surface area contributed by atoms with E-state index in [1.54, 1.807) is 48.5 Å². The first-order chi connectivity index (χ1) is 14.6. The van der Waals surface area contributed by atoms with Crippen LogP contribution in [0, 0.1) is 0 Å². The van der Waals surface area contributed by atoms with Crippen LogP contribution >= 0.6 is 0 Å². The van der Waals surface area contributed by atoms with Crippen LogP contribution in [0.25, 0.3) is 0 Å². The maximum atomic E-state index is 12.9. The number of para-hydroxylation sites is 1. The lowest BCUT2D eigenvalue weighted by molar-refractivity contribution is 0.102. The van der Waals surface area contributed by atoms with E-state index in [9.17, 15) is 4.79 Å². The highest BCUT2D eigenvalue weighted by Crippen LogP contribution is 2.28. The number of carbonyl (C=O) groups excluding carboxylic acids is 1. The Morgan fingerprint density at radius 2 is 1.83 bits per heavy atom. The fourth-order valence-electron chi connectivity index (χ4n) is 2.83. The number of carbonyl (C=O) groups is 1. The van der Waals surface area contributed by atoms with Crippen molar-refractivity contribution in [2.75, 3.05) is 17.3 Å². The average Bonchev–Trinajstić information content (AvgIpc) is 3.18. The number of aryl methyl sites for hydroxylation is 1. The molecule has 4 rings (SSSR count). The molecule has 8 nitrogen and oxygen atoms in total. The number of nitrogens with one attached hydrogen (secondary N) is 1. The maximum Gasteiger partial charge on any atom is 0.257 e. The second kappa shape index (κ2) is 8.44. The third-order valence-corrected chi connectivity index (χ3v) is 4.37. The highest BCUT2D eigenvalue weighted by molar-refractivity contribution is 6.04. The van der Waals surface area contributed by atoms with Gasteiger partial charge in [-0.3, -0.25) is 14.5 Å². The van der Waals surface area contributed by atoms with Crippen molar-refractivity contribution in [2.24, 2.45) is 7.05 Å². The Labute approximate surface area is 173 Å². The molecule has 3 aromatic heterocycles. The molecule has 0 bridgehead atoms. The van der Waals surface area contributed by atoms with Gasteiger partial charge in [0.05, 0.1) is 0 Å². The van der Waals surface area contributed by atoms with Gasteiger partial charge in [0.2, 0.25) is 5.88 Å². The van der Waals surface area contributed by atoms with Crippen molar-refractivity contribution in [3.8, 4) is 11.6 Å². The summed E-state index contributed by atoms with van der Waals surface area (Å²) in [7, 11) is 3.65. The number of benzene rings is 1. The lowest BCUT2D eigenvalue weighted by Crippen LogP contribution is -2.16. The number of amides is 1. The number of hydrogen-bond donors (Lipinski definition) is 1. The van der Waals surface area contributed by atoms with Gasteiger partial charge < -0.3 is 15.0 Å². The van der Waals surface area contributed by atoms with Crippen molar-refractivity contribution in [2.45, 2.75) is 0 Å². The maximum absolute atomic E-state index is 12.9. The summed E-state index contributed by atoms with van der Waals surface area (Å²) in [5, 5.41) is 6.99. The molecule has 0 saturated carbocycles. The normalized spacial score (nSPS) is 10.5. The molecular formula is C22H20N6O2. The molecule has 8 heteroatoms. The minimum absolute atomic E-state index is 0.307. The van der Waals surface area contributed by atoms with Gasteiger partial charge in [-0.2, -0.15) is 10.1 Å². The summed E-state index contributed by atoms with van der Waals surface area (Å²) in [5.41, 5.74) is 1.28. The largest absolute Gasteiger partial charge is 0.439 e. The van der Waals surface area contributed by atoms with Crippen LogP contribution in [0.15, 0.2) is 79.3 Å². The van der Waals surface area contributed by atoms with Gasteiger partial charge in [-0.15, -0.1) is 0 Å². The Hall–Kier alpha value is -4.20. The third kappa shape index (κ3) is 4.44. The minimum Gasteiger partial charge on any atom is -0.439 e. The summed E-state index contributed by atoms with van der Waals surface area (Å²) in [6.45, 7) is 0. The zero-order valence-electron chi connectivity index (χ0n) is 16.6. The van der Waals surface area contributed by atoms with Crippen molar-refractivity contribution >= 4 is 23.2 Å². The van der Waals surface area contributed by atoms with Crippen LogP contribution < -0.4 is 15.0 Å². The Morgan fingerprint density at radius 1 is 1.07 bits per heavy atom. The van der Waals surface area contributed by atoms with Crippen LogP contribution in [0.4, 0.5) is 17.3 Å². The number of rotatable bonds is 6. The molecule has 0 aliphatic heterocycles. The first-order valence-electron chi connectivity index (χ1n) is 9.28. The van der Waals surface area contributed by atoms with E-state index < -0.39 is 0 Å². The molecule has 0 unspecified atom stereocenters. The summed E-state index contributed by atoms with van der Waals surface area (Å²) < 4.78 is 7.52. The molecule has 30 heavy (non-hydrogen) atoms. The van der Waals surface area contributed by atoms with Crippen molar-refractivity contribution in [1.82, 2.24) is 19.7 Å². The Kier molecular flexibility index (Phi) is 5.38. The van der Waals surface area contributed by atoms with Crippen LogP contribution in [0.5, 0.6) is 11.6 Å². The Bertz CT molecular complexity index is 1140. The van der Waals surface area contributed by atoms with Crippen molar-refractivity contribution in [3.63, 3.8) is 0 Å². The number of aromatic nitrogens is 4. The summed E-state index contributed by atoms with van der Waals surface area (Å²) >= 11 is 0. The van der Waals surface area contributed by atoms with Gasteiger partial charge in [-0.1, -0.05) is 18.2 Å². The van der Waals surface area contributed by atoms with Crippen molar-refractivity contribution < 1.29 is 9.53 Å². The predicted octanol–water partition coefficient (Wildman–Crippen LogP) is 4.02. The number of nitrogens with zero attached hydrogens (tertiary/aromatic N) is 5. The number of ether oxygens (including phenoxy) is 1. The van der Waals surface area contributed by atoms with Gasteiger partial charge in [-0.05, 0) is 30.3 Å². The van der Waals surface area contributed by atoms with Crippen LogP contribution in [-0.2, 0) is 7.05 Å². The highest BCUT2D eigenvalue weighted by Gasteiger charge is 2.15. The second-order valence-electron chi connectivity index (χ2n) is 6.56. The van der Waals surface area contributed by atoms with Gasteiger partial charge in [0.15, 0.2) is 5.82 Å². The van der Waals surface area contributed by atoms with E-state index in [0.717, 1.165) is 5.69 Å². The molecule has 0 aliphatic carbocycles. The van der Waals surface area contributed by atoms with Gasteiger partial charge in [0.1, 0.15) is 11.6 Å². The molecule has 3 heterocycles. The minimum atomic E-state index is -0.307. The monoisotopic (exact) mass is 400 g/mol. The topological polar surface area (TPSA) is 85.2 Å². The molecular weight excluding hydrogens is 380 g/mol. The number of hydrogen-bond acceptors (Lipinski definition) is 6. The Morgan fingerprint density at radius 3 is 2.53 bits per heavy atom. The zero-order valence-corrected chi connectivity index (χ0v) is 16.6. The molecule has 0 atom stereocenters. The smallest absolute Gasteiger partial charge is 0.257 e. The number of anilines is 3. The van der Waals surface area contributed by atoms with E-state index in [-0.39, 0.29) is 5.91 Å². The SMILES string of the molecule is CN(c1ccncc1)c1cc(C(=O)Nc2ccn(C)n2)cc(Oc2ccccc2)n1. The van der Waals surface area contributed by atoms with E-state index in [2.05, 4.69) is 20.4 Å². The first-order valence-corrected chi connectivity index (χ1v) is 9.28. The summed E-state index contributed by atoms with van der Waals surface area (Å²) in [6.07, 6.45) is 5.16. The fraction of sp³-hybridized carbons (Fsp3) is 0.0909. The van der Waals surface area contributed by atoms with Crippen molar-refractivity contribution in [3.05, 3.63) is 84.8 Å². The zero-order chi connectivity index (χ0) is 20.9. The molecule has 150 valence electrons. The lowest BCUT2D eigenvalue weighted by Gasteiger charge is -2.19. The first kappa shape index (κ1) is 19.1. The van der Waals surface area contributed by atoms with Crippen molar-refractivity contribution in [1.29, 1.82) is 0 Å². The molecule has 1 N–H and O–H groups in total. The average molecular weight is 400 g/mol. The quantitative estimate of drug-likeness (QED) is 0.526. The molecule has 0 radical (unpaired) electrons. The molecule has 0 fully saturated rings. The fourth-order valence-corrected chi connectivity index (χ4v) is 2.83. The van der Waals surface area contributed by atoms with Crippen LogP contribution in [0.2, 0.25) is 0 Å². The van der Waals surface area contributed by atoms with Crippen LogP contribution in [0.1, 0.15) is 10.4 Å². The molecule has 0 aliphatic rings. The van der Waals surface area contributed by atoms with E-state index in [0.29, 0.717) is 28.8 Å². The predicted molar refractivity (Wildman–Crippen MR) is 114 cm³/mol. The standard InChI is InChI=1S/C22H20N6O2/c1-27-13-10-19(26-27)24-22(29)16-14-20(28(2)17-8-11-23-12-9-17)25-21(15-16)30-18-6-4-3-5-7-18/h3-15H,1-2H3,(H,24,26,29). The van der Waals surface area contributed by atoms with Crippen LogP contribution in [-0.4, -0.2) is 32.7 Å². The van der Waals surface area contributed by atoms with Gasteiger partial charge in [0, 0.05) is 56.1 Å². The van der Waals surface area contributed by atoms with E-state index in [1.165, 1.54) is 0 Å². The van der Waals surface area contributed by atoms with Gasteiger partial charge in [0.25, 0.3) is 5.91 Å². The lowest BCUT2D eigenvalue weighted by atomic mass is 10.2. The number of pyridine rings is 2. The highest BCUT2D eigenvalue weighted by atomic mass is 16.5. The summed E-state index contributed by atoms with van der Waals surface area (Å²) in [5.74, 6) is 1.66. The molecule has 1 aromatic carbocycles. The molecule has 0 spiro atoms. The summed E-state index contributed by atoms with van der Waals surface area (Å²) in [6, 6.07) is 18.1. The molecule has 4 aromatic rings.